The zero-order valence-electron chi connectivity index (χ0n) is 14.2. The van der Waals surface area contributed by atoms with Gasteiger partial charge in [-0.3, -0.25) is 4.79 Å². The van der Waals surface area contributed by atoms with E-state index in [-0.39, 0.29) is 5.91 Å². The summed E-state index contributed by atoms with van der Waals surface area (Å²) in [6.07, 6.45) is 3.52. The Hall–Kier alpha value is -2.66. The van der Waals surface area contributed by atoms with Crippen LogP contribution in [0.2, 0.25) is 5.02 Å². The van der Waals surface area contributed by atoms with E-state index in [1.807, 2.05) is 24.4 Å². The minimum Gasteiger partial charge on any atom is -0.489 e. The minimum atomic E-state index is -0.178. The first kappa shape index (κ1) is 16.8. The van der Waals surface area contributed by atoms with E-state index in [0.29, 0.717) is 41.8 Å². The second-order valence-electron chi connectivity index (χ2n) is 6.20. The summed E-state index contributed by atoms with van der Waals surface area (Å²) in [6, 6.07) is 11.4. The fraction of sp³-hybridized carbons (Fsp3) is 0.250. The fourth-order valence-corrected chi connectivity index (χ4v) is 3.38. The molecule has 4 rings (SSSR count). The van der Waals surface area contributed by atoms with Gasteiger partial charge >= 0.3 is 0 Å². The molecule has 0 fully saturated rings. The van der Waals surface area contributed by atoms with Crippen LogP contribution in [0.15, 0.2) is 42.6 Å². The first-order valence-electron chi connectivity index (χ1n) is 8.65. The highest BCUT2D eigenvalue weighted by Crippen LogP contribution is 2.37. The summed E-state index contributed by atoms with van der Waals surface area (Å²) in [6.45, 7) is 1.64. The van der Waals surface area contributed by atoms with E-state index < -0.39 is 0 Å². The Labute approximate surface area is 156 Å². The second kappa shape index (κ2) is 7.30. The standard InChI is InChI=1S/C20H19ClN2O3/c21-16-10-14(11-18-19(16)26-9-3-8-25-18)20(24)22-7-6-13-12-23-17-5-2-1-4-15(13)17/h1-2,4-5,10-12,23H,3,6-9H2,(H,22,24). The van der Waals surface area contributed by atoms with Gasteiger partial charge in [0, 0.05) is 35.6 Å². The van der Waals surface area contributed by atoms with Crippen LogP contribution in [0.1, 0.15) is 22.3 Å². The average Bonchev–Trinajstić information content (AvgIpc) is 2.90. The number of amides is 1. The van der Waals surface area contributed by atoms with Gasteiger partial charge in [0.25, 0.3) is 5.91 Å². The highest BCUT2D eigenvalue weighted by atomic mass is 35.5. The van der Waals surface area contributed by atoms with E-state index in [2.05, 4.69) is 16.4 Å². The molecule has 1 amide bonds. The minimum absolute atomic E-state index is 0.178. The molecule has 0 aliphatic carbocycles. The van der Waals surface area contributed by atoms with Crippen molar-refractivity contribution in [1.82, 2.24) is 10.3 Å². The second-order valence-corrected chi connectivity index (χ2v) is 6.61. The number of fused-ring (bicyclic) bond motifs is 2. The Kier molecular flexibility index (Phi) is 4.71. The van der Waals surface area contributed by atoms with Crippen LogP contribution in [0.3, 0.4) is 0 Å². The smallest absolute Gasteiger partial charge is 0.251 e. The van der Waals surface area contributed by atoms with Crippen molar-refractivity contribution in [3.63, 3.8) is 0 Å². The van der Waals surface area contributed by atoms with Crippen molar-refractivity contribution < 1.29 is 14.3 Å². The number of hydrogen-bond acceptors (Lipinski definition) is 3. The predicted octanol–water partition coefficient (Wildman–Crippen LogP) is 3.96. The number of halogens is 1. The number of hydrogen-bond donors (Lipinski definition) is 2. The van der Waals surface area contributed by atoms with Crippen LogP contribution in [-0.2, 0) is 6.42 Å². The van der Waals surface area contributed by atoms with Gasteiger partial charge in [-0.15, -0.1) is 0 Å². The normalized spacial score (nSPS) is 13.4. The molecular weight excluding hydrogens is 352 g/mol. The molecule has 0 radical (unpaired) electrons. The van der Waals surface area contributed by atoms with Crippen molar-refractivity contribution in [2.75, 3.05) is 19.8 Å². The number of carbonyl (C=O) groups excluding carboxylic acids is 1. The summed E-state index contributed by atoms with van der Waals surface area (Å²) in [5, 5.41) is 4.52. The third-order valence-electron chi connectivity index (χ3n) is 4.42. The molecule has 1 aliphatic rings. The Bertz CT molecular complexity index is 951. The van der Waals surface area contributed by atoms with Crippen molar-refractivity contribution in [2.24, 2.45) is 0 Å². The van der Waals surface area contributed by atoms with Gasteiger partial charge in [0.1, 0.15) is 0 Å². The molecule has 5 nitrogen and oxygen atoms in total. The lowest BCUT2D eigenvalue weighted by Crippen LogP contribution is -2.25. The van der Waals surface area contributed by atoms with Crippen LogP contribution in [0.4, 0.5) is 0 Å². The van der Waals surface area contributed by atoms with Crippen LogP contribution >= 0.6 is 11.6 Å². The summed E-state index contributed by atoms with van der Waals surface area (Å²) in [5.74, 6) is 0.860. The van der Waals surface area contributed by atoms with E-state index in [1.54, 1.807) is 12.1 Å². The average molecular weight is 371 g/mol. The van der Waals surface area contributed by atoms with Crippen LogP contribution in [0.25, 0.3) is 10.9 Å². The molecule has 1 aromatic heterocycles. The first-order valence-corrected chi connectivity index (χ1v) is 9.02. The lowest BCUT2D eigenvalue weighted by Gasteiger charge is -2.11. The molecule has 2 aromatic carbocycles. The van der Waals surface area contributed by atoms with Crippen molar-refractivity contribution in [2.45, 2.75) is 12.8 Å². The number of ether oxygens (including phenoxy) is 2. The topological polar surface area (TPSA) is 63.4 Å². The quantitative estimate of drug-likeness (QED) is 0.730. The van der Waals surface area contributed by atoms with Gasteiger partial charge in [-0.05, 0) is 30.2 Å². The maximum atomic E-state index is 12.5. The van der Waals surface area contributed by atoms with Gasteiger partial charge in [0.2, 0.25) is 0 Å². The van der Waals surface area contributed by atoms with Crippen molar-refractivity contribution in [3.05, 3.63) is 58.7 Å². The van der Waals surface area contributed by atoms with E-state index in [9.17, 15) is 4.79 Å². The molecule has 2 N–H and O–H groups in total. The van der Waals surface area contributed by atoms with Crippen LogP contribution in [0.5, 0.6) is 11.5 Å². The van der Waals surface area contributed by atoms with Crippen molar-refractivity contribution in [1.29, 1.82) is 0 Å². The molecule has 0 unspecified atom stereocenters. The van der Waals surface area contributed by atoms with Crippen LogP contribution < -0.4 is 14.8 Å². The number of rotatable bonds is 4. The lowest BCUT2D eigenvalue weighted by molar-refractivity contribution is 0.0953. The SMILES string of the molecule is O=C(NCCc1c[nH]c2ccccc12)c1cc(Cl)c2c(c1)OCCCO2. The number of aromatic amines is 1. The highest BCUT2D eigenvalue weighted by Gasteiger charge is 2.18. The van der Waals surface area contributed by atoms with E-state index in [0.717, 1.165) is 18.4 Å². The Morgan fingerprint density at radius 2 is 2.04 bits per heavy atom. The number of aromatic nitrogens is 1. The van der Waals surface area contributed by atoms with Gasteiger partial charge in [0.15, 0.2) is 11.5 Å². The van der Waals surface area contributed by atoms with Crippen molar-refractivity contribution >= 4 is 28.4 Å². The van der Waals surface area contributed by atoms with E-state index in [1.165, 1.54) is 10.9 Å². The molecule has 2 heterocycles. The van der Waals surface area contributed by atoms with Gasteiger partial charge < -0.3 is 19.8 Å². The molecule has 0 saturated carbocycles. The first-order chi connectivity index (χ1) is 12.7. The van der Waals surface area contributed by atoms with Crippen LogP contribution in [0, 0.1) is 0 Å². The van der Waals surface area contributed by atoms with E-state index >= 15 is 0 Å². The highest BCUT2D eigenvalue weighted by molar-refractivity contribution is 6.32. The molecule has 26 heavy (non-hydrogen) atoms. The largest absolute Gasteiger partial charge is 0.489 e. The molecule has 0 saturated heterocycles. The lowest BCUT2D eigenvalue weighted by atomic mass is 10.1. The summed E-state index contributed by atoms with van der Waals surface area (Å²) >= 11 is 6.26. The number of nitrogens with one attached hydrogen (secondary N) is 2. The molecule has 134 valence electrons. The molecule has 0 bridgehead atoms. The van der Waals surface area contributed by atoms with Gasteiger partial charge in [-0.1, -0.05) is 29.8 Å². The van der Waals surface area contributed by atoms with E-state index in [4.69, 9.17) is 21.1 Å². The summed E-state index contributed by atoms with van der Waals surface area (Å²) in [4.78, 5) is 15.7. The number of carbonyl (C=O) groups is 1. The summed E-state index contributed by atoms with van der Waals surface area (Å²) in [7, 11) is 0. The maximum absolute atomic E-state index is 12.5. The molecule has 1 aliphatic heterocycles. The van der Waals surface area contributed by atoms with Crippen LogP contribution in [-0.4, -0.2) is 30.6 Å². The molecule has 0 atom stereocenters. The number of benzene rings is 2. The number of H-pyrrole nitrogens is 1. The fourth-order valence-electron chi connectivity index (χ4n) is 3.11. The zero-order chi connectivity index (χ0) is 17.9. The van der Waals surface area contributed by atoms with Gasteiger partial charge in [-0.25, -0.2) is 0 Å². The third-order valence-corrected chi connectivity index (χ3v) is 4.70. The van der Waals surface area contributed by atoms with Gasteiger partial charge in [0.05, 0.1) is 18.2 Å². The Morgan fingerprint density at radius 3 is 2.96 bits per heavy atom. The maximum Gasteiger partial charge on any atom is 0.251 e. The summed E-state index contributed by atoms with van der Waals surface area (Å²) < 4.78 is 11.2. The number of para-hydroxylation sites is 1. The zero-order valence-corrected chi connectivity index (χ0v) is 14.9. The molecular formula is C20H19ClN2O3. The monoisotopic (exact) mass is 370 g/mol. The molecule has 3 aromatic rings. The Balaban J connectivity index is 1.43. The molecule has 0 spiro atoms. The predicted molar refractivity (Wildman–Crippen MR) is 101 cm³/mol. The summed E-state index contributed by atoms with van der Waals surface area (Å²) in [5.41, 5.74) is 2.75. The molecule has 6 heteroatoms. The van der Waals surface area contributed by atoms with Gasteiger partial charge in [-0.2, -0.15) is 0 Å². The Morgan fingerprint density at radius 1 is 1.19 bits per heavy atom. The van der Waals surface area contributed by atoms with Crippen molar-refractivity contribution in [3.8, 4) is 11.5 Å². The third kappa shape index (κ3) is 3.35.